The molecular formula is C13H20N2O5. The first-order valence-corrected chi connectivity index (χ1v) is 6.12. The molecule has 0 aliphatic carbocycles. The molecule has 0 heterocycles. The number of rotatable bonds is 5. The van der Waals surface area contributed by atoms with Gasteiger partial charge in [-0.15, -0.1) is 0 Å². The van der Waals surface area contributed by atoms with E-state index in [2.05, 4.69) is 5.32 Å². The van der Waals surface area contributed by atoms with E-state index in [1.54, 1.807) is 0 Å². The summed E-state index contributed by atoms with van der Waals surface area (Å²) in [7, 11) is 0. The van der Waals surface area contributed by atoms with Crippen LogP contribution in [0.5, 0.6) is 5.75 Å². The number of nitrogens with two attached hydrogens (primary N) is 1. The Morgan fingerprint density at radius 3 is 2.35 bits per heavy atom. The van der Waals surface area contributed by atoms with Gasteiger partial charge in [-0.3, -0.25) is 4.79 Å². The van der Waals surface area contributed by atoms with Gasteiger partial charge < -0.3 is 26.4 Å². The summed E-state index contributed by atoms with van der Waals surface area (Å²) in [5.41, 5.74) is 6.25. The zero-order valence-electron chi connectivity index (χ0n) is 11.3. The first kappa shape index (κ1) is 17.6. The lowest BCUT2D eigenvalue weighted by molar-refractivity contribution is -0.136. The Kier molecular flexibility index (Phi) is 8.33. The lowest BCUT2D eigenvalue weighted by Gasteiger charge is -2.00. The minimum atomic E-state index is -0.944. The summed E-state index contributed by atoms with van der Waals surface area (Å²) in [6, 6.07) is 4.27. The van der Waals surface area contributed by atoms with Crippen molar-refractivity contribution in [2.45, 2.75) is 26.2 Å². The van der Waals surface area contributed by atoms with Gasteiger partial charge in [0.2, 0.25) is 0 Å². The molecule has 0 fully saturated rings. The smallest absolute Gasteiger partial charge is 0.404 e. The van der Waals surface area contributed by atoms with Crippen LogP contribution in [0.15, 0.2) is 18.2 Å². The molecule has 1 aromatic carbocycles. The van der Waals surface area contributed by atoms with Crippen LogP contribution in [0.2, 0.25) is 0 Å². The standard InChI is InChI=1S/C8H9NO3.C5H11NO2/c9-6-1-5(3-8(11)12)2-7(10)4-6;1-2-3-4-6-5(7)8/h1-2,4,10H,3,9H2,(H,11,12);6H,2-4H2,1H3,(H,7,8). The molecule has 1 aromatic rings. The number of carbonyl (C=O) groups is 2. The average Bonchev–Trinajstić information content (AvgIpc) is 2.27. The van der Waals surface area contributed by atoms with Crippen molar-refractivity contribution < 1.29 is 24.9 Å². The zero-order chi connectivity index (χ0) is 15.5. The van der Waals surface area contributed by atoms with Gasteiger partial charge in [0, 0.05) is 18.3 Å². The number of benzene rings is 1. The van der Waals surface area contributed by atoms with Crippen LogP contribution < -0.4 is 11.1 Å². The third-order valence-electron chi connectivity index (χ3n) is 2.16. The molecule has 0 saturated carbocycles. The second-order valence-electron chi connectivity index (χ2n) is 4.09. The van der Waals surface area contributed by atoms with Crippen molar-refractivity contribution in [3.05, 3.63) is 23.8 Å². The van der Waals surface area contributed by atoms with Gasteiger partial charge >= 0.3 is 12.1 Å². The number of phenolic OH excluding ortho intramolecular Hbond substituents is 1. The predicted octanol–water partition coefficient (Wildman–Crippen LogP) is 1.66. The van der Waals surface area contributed by atoms with Crippen LogP contribution in [0.3, 0.4) is 0 Å². The third kappa shape index (κ3) is 9.58. The van der Waals surface area contributed by atoms with Crippen LogP contribution in [0.25, 0.3) is 0 Å². The number of nitrogen functional groups attached to an aromatic ring is 1. The van der Waals surface area contributed by atoms with Gasteiger partial charge in [-0.2, -0.15) is 0 Å². The molecule has 0 spiro atoms. The predicted molar refractivity (Wildman–Crippen MR) is 74.8 cm³/mol. The van der Waals surface area contributed by atoms with Crippen LogP contribution in [0.4, 0.5) is 10.5 Å². The van der Waals surface area contributed by atoms with Crippen LogP contribution in [-0.2, 0) is 11.2 Å². The summed E-state index contributed by atoms with van der Waals surface area (Å²) in [4.78, 5) is 20.0. The lowest BCUT2D eigenvalue weighted by Crippen LogP contribution is -2.21. The number of anilines is 1. The molecule has 0 saturated heterocycles. The normalized spacial score (nSPS) is 9.25. The number of aliphatic carboxylic acids is 1. The minimum Gasteiger partial charge on any atom is -0.508 e. The highest BCUT2D eigenvalue weighted by Gasteiger charge is 2.02. The highest BCUT2D eigenvalue weighted by Crippen LogP contribution is 2.17. The number of hydrogen-bond donors (Lipinski definition) is 5. The molecular weight excluding hydrogens is 264 g/mol. The summed E-state index contributed by atoms with van der Waals surface area (Å²) in [6.07, 6.45) is 0.893. The van der Waals surface area contributed by atoms with Crippen molar-refractivity contribution in [3.8, 4) is 5.75 Å². The van der Waals surface area contributed by atoms with E-state index >= 15 is 0 Å². The second-order valence-corrected chi connectivity index (χ2v) is 4.09. The van der Waals surface area contributed by atoms with Crippen molar-refractivity contribution in [1.29, 1.82) is 0 Å². The first-order valence-electron chi connectivity index (χ1n) is 6.12. The van der Waals surface area contributed by atoms with Crippen LogP contribution >= 0.6 is 0 Å². The fourth-order valence-corrected chi connectivity index (χ4v) is 1.35. The summed E-state index contributed by atoms with van der Waals surface area (Å²) in [5.74, 6) is -0.953. The Hall–Kier alpha value is -2.44. The van der Waals surface area contributed by atoms with Gasteiger partial charge in [-0.05, 0) is 24.1 Å². The number of carboxylic acid groups (broad SMARTS) is 2. The first-order chi connectivity index (χ1) is 9.35. The maximum absolute atomic E-state index is 10.3. The molecule has 1 rings (SSSR count). The van der Waals surface area contributed by atoms with E-state index in [1.807, 2.05) is 6.92 Å². The maximum atomic E-state index is 10.3. The van der Waals surface area contributed by atoms with Gasteiger partial charge in [0.1, 0.15) is 5.75 Å². The van der Waals surface area contributed by atoms with Crippen molar-refractivity contribution in [3.63, 3.8) is 0 Å². The molecule has 0 unspecified atom stereocenters. The Balaban J connectivity index is 0.000000396. The van der Waals surface area contributed by atoms with E-state index in [1.165, 1.54) is 18.2 Å². The molecule has 7 heteroatoms. The van der Waals surface area contributed by atoms with E-state index in [0.29, 0.717) is 17.8 Å². The summed E-state index contributed by atoms with van der Waals surface area (Å²) < 4.78 is 0. The summed E-state index contributed by atoms with van der Waals surface area (Å²) in [5, 5.41) is 27.8. The SMILES string of the molecule is CCCCNC(=O)O.Nc1cc(O)cc(CC(=O)O)c1. The largest absolute Gasteiger partial charge is 0.508 e. The number of unbranched alkanes of at least 4 members (excludes halogenated alkanes) is 1. The molecule has 0 atom stereocenters. The van der Waals surface area contributed by atoms with E-state index < -0.39 is 12.1 Å². The Bertz CT molecular complexity index is 428. The van der Waals surface area contributed by atoms with Crippen LogP contribution in [-0.4, -0.2) is 33.9 Å². The van der Waals surface area contributed by atoms with Crippen molar-refractivity contribution >= 4 is 17.7 Å². The molecule has 0 bridgehead atoms. The topological polar surface area (TPSA) is 133 Å². The van der Waals surface area contributed by atoms with Gasteiger partial charge in [0.05, 0.1) is 6.42 Å². The van der Waals surface area contributed by atoms with Gasteiger partial charge in [-0.1, -0.05) is 13.3 Å². The minimum absolute atomic E-state index is 0.00810. The number of carboxylic acids is 1. The molecule has 0 aliphatic heterocycles. The van der Waals surface area contributed by atoms with E-state index in [4.69, 9.17) is 21.1 Å². The number of phenols is 1. The molecule has 0 radical (unpaired) electrons. The highest BCUT2D eigenvalue weighted by molar-refractivity contribution is 5.71. The second kappa shape index (κ2) is 9.48. The Morgan fingerprint density at radius 1 is 1.25 bits per heavy atom. The Labute approximate surface area is 117 Å². The highest BCUT2D eigenvalue weighted by atomic mass is 16.4. The molecule has 0 aromatic heterocycles. The monoisotopic (exact) mass is 284 g/mol. The zero-order valence-corrected chi connectivity index (χ0v) is 11.3. The van der Waals surface area contributed by atoms with Crippen molar-refractivity contribution in [2.24, 2.45) is 0 Å². The van der Waals surface area contributed by atoms with E-state index in [9.17, 15) is 9.59 Å². The van der Waals surface area contributed by atoms with Gasteiger partial charge in [-0.25, -0.2) is 4.79 Å². The molecule has 0 aliphatic rings. The molecule has 1 amide bonds. The Morgan fingerprint density at radius 2 is 1.90 bits per heavy atom. The third-order valence-corrected chi connectivity index (χ3v) is 2.16. The number of hydrogen-bond acceptors (Lipinski definition) is 4. The molecule has 20 heavy (non-hydrogen) atoms. The summed E-state index contributed by atoms with van der Waals surface area (Å²) >= 11 is 0. The number of nitrogens with one attached hydrogen (secondary N) is 1. The fraction of sp³-hybridized carbons (Fsp3) is 0.385. The molecule has 6 N–H and O–H groups in total. The van der Waals surface area contributed by atoms with E-state index in [-0.39, 0.29) is 12.2 Å². The molecule has 112 valence electrons. The van der Waals surface area contributed by atoms with Crippen LogP contribution in [0, 0.1) is 0 Å². The molecule has 7 nitrogen and oxygen atoms in total. The lowest BCUT2D eigenvalue weighted by atomic mass is 10.1. The van der Waals surface area contributed by atoms with E-state index in [0.717, 1.165) is 12.8 Å². The number of amides is 1. The number of aromatic hydroxyl groups is 1. The van der Waals surface area contributed by atoms with Gasteiger partial charge in [0.15, 0.2) is 0 Å². The van der Waals surface area contributed by atoms with Crippen molar-refractivity contribution in [1.82, 2.24) is 5.32 Å². The maximum Gasteiger partial charge on any atom is 0.404 e. The van der Waals surface area contributed by atoms with Crippen molar-refractivity contribution in [2.75, 3.05) is 12.3 Å². The summed E-state index contributed by atoms with van der Waals surface area (Å²) in [6.45, 7) is 2.59. The average molecular weight is 284 g/mol. The quantitative estimate of drug-likeness (QED) is 0.412. The fourth-order valence-electron chi connectivity index (χ4n) is 1.35. The van der Waals surface area contributed by atoms with Gasteiger partial charge in [0.25, 0.3) is 0 Å². The van der Waals surface area contributed by atoms with Crippen LogP contribution in [0.1, 0.15) is 25.3 Å².